The zero-order chi connectivity index (χ0) is 22.4. The molecule has 3 aromatic carbocycles. The topological polar surface area (TPSA) is 47.9 Å². The van der Waals surface area contributed by atoms with Crippen molar-refractivity contribution < 1.29 is 27.5 Å². The standard InChI is InChI=1S/C23H17ClF3NO3/c1-13-9-14(11-15(24)10-13)22(23(25,26)27)12-20(28-31-22)18-7-8-19(21(29)30-2)17-6-4-3-5-16(17)18/h3-11H,12H2,1-2H3. The first kappa shape index (κ1) is 21.2. The summed E-state index contributed by atoms with van der Waals surface area (Å²) in [5, 5.41) is 5.16. The number of hydrogen-bond donors (Lipinski definition) is 0. The Balaban J connectivity index is 1.83. The summed E-state index contributed by atoms with van der Waals surface area (Å²) in [5.41, 5.74) is -1.29. The summed E-state index contributed by atoms with van der Waals surface area (Å²) in [6.45, 7) is 1.66. The average molecular weight is 448 g/mol. The lowest BCUT2D eigenvalue weighted by molar-refractivity contribution is -0.275. The van der Waals surface area contributed by atoms with E-state index < -0.39 is 24.2 Å². The maximum absolute atomic E-state index is 14.3. The van der Waals surface area contributed by atoms with E-state index in [2.05, 4.69) is 5.16 Å². The fraction of sp³-hybridized carbons (Fsp3) is 0.217. The van der Waals surface area contributed by atoms with Crippen molar-refractivity contribution in [1.29, 1.82) is 0 Å². The Labute approximate surface area is 181 Å². The number of halogens is 4. The first-order chi connectivity index (χ1) is 14.7. The molecule has 0 spiro atoms. The Hall–Kier alpha value is -3.06. The van der Waals surface area contributed by atoms with Crippen molar-refractivity contribution in [3.8, 4) is 0 Å². The second-order valence-electron chi connectivity index (χ2n) is 7.35. The number of aryl methyl sites for hydroxylation is 1. The minimum Gasteiger partial charge on any atom is -0.465 e. The Morgan fingerprint density at radius 2 is 1.84 bits per heavy atom. The van der Waals surface area contributed by atoms with Crippen molar-refractivity contribution in [1.82, 2.24) is 0 Å². The average Bonchev–Trinajstić information content (AvgIpc) is 3.18. The highest BCUT2D eigenvalue weighted by atomic mass is 35.5. The molecule has 0 amide bonds. The molecule has 0 bridgehead atoms. The largest absolute Gasteiger partial charge is 0.465 e. The molecule has 0 radical (unpaired) electrons. The third-order valence-corrected chi connectivity index (χ3v) is 5.55. The van der Waals surface area contributed by atoms with Crippen LogP contribution in [0, 0.1) is 6.92 Å². The number of benzene rings is 3. The molecular weight excluding hydrogens is 431 g/mol. The lowest BCUT2D eigenvalue weighted by Gasteiger charge is -2.30. The maximum atomic E-state index is 14.3. The van der Waals surface area contributed by atoms with Crippen molar-refractivity contribution in [2.45, 2.75) is 25.1 Å². The number of alkyl halides is 3. The number of oxime groups is 1. The molecule has 160 valence electrons. The van der Waals surface area contributed by atoms with Gasteiger partial charge in [-0.15, -0.1) is 0 Å². The van der Waals surface area contributed by atoms with Gasteiger partial charge in [0.2, 0.25) is 0 Å². The molecule has 1 unspecified atom stereocenters. The zero-order valence-electron chi connectivity index (χ0n) is 16.6. The van der Waals surface area contributed by atoms with Gasteiger partial charge in [0.15, 0.2) is 0 Å². The molecule has 1 heterocycles. The lowest BCUT2D eigenvalue weighted by atomic mass is 9.84. The molecule has 0 aromatic heterocycles. The van der Waals surface area contributed by atoms with Crippen LogP contribution in [0.1, 0.15) is 33.5 Å². The van der Waals surface area contributed by atoms with Crippen LogP contribution in [0.4, 0.5) is 13.2 Å². The summed E-state index contributed by atoms with van der Waals surface area (Å²) >= 11 is 6.03. The van der Waals surface area contributed by atoms with E-state index in [4.69, 9.17) is 21.2 Å². The molecule has 0 fully saturated rings. The molecule has 0 aliphatic carbocycles. The highest BCUT2D eigenvalue weighted by molar-refractivity contribution is 6.30. The van der Waals surface area contributed by atoms with E-state index >= 15 is 0 Å². The van der Waals surface area contributed by atoms with Crippen molar-refractivity contribution in [3.63, 3.8) is 0 Å². The lowest BCUT2D eigenvalue weighted by Crippen LogP contribution is -2.42. The van der Waals surface area contributed by atoms with Crippen LogP contribution in [0.15, 0.2) is 59.8 Å². The summed E-state index contributed by atoms with van der Waals surface area (Å²) in [6.07, 6.45) is -5.27. The van der Waals surface area contributed by atoms with Crippen LogP contribution >= 0.6 is 11.6 Å². The van der Waals surface area contributed by atoms with Crippen molar-refractivity contribution in [3.05, 3.63) is 81.9 Å². The highest BCUT2D eigenvalue weighted by Crippen LogP contribution is 2.49. The van der Waals surface area contributed by atoms with E-state index in [0.29, 0.717) is 27.5 Å². The predicted octanol–water partition coefficient (Wildman–Crippen LogP) is 6.17. The minimum atomic E-state index is -4.74. The van der Waals surface area contributed by atoms with E-state index in [1.807, 2.05) is 0 Å². The number of hydrogen-bond acceptors (Lipinski definition) is 4. The summed E-state index contributed by atoms with van der Waals surface area (Å²) in [4.78, 5) is 17.2. The zero-order valence-corrected chi connectivity index (χ0v) is 17.3. The summed E-state index contributed by atoms with van der Waals surface area (Å²) < 4.78 is 47.7. The summed E-state index contributed by atoms with van der Waals surface area (Å²) in [5.74, 6) is -0.536. The number of carbonyl (C=O) groups excluding carboxylic acids is 1. The quantitative estimate of drug-likeness (QED) is 0.451. The SMILES string of the molecule is COC(=O)c1ccc(C2=NOC(c3cc(C)cc(Cl)c3)(C(F)(F)F)C2)c2ccccc12. The molecule has 8 heteroatoms. The second-order valence-corrected chi connectivity index (χ2v) is 7.78. The Morgan fingerprint density at radius 3 is 2.48 bits per heavy atom. The van der Waals surface area contributed by atoms with Gasteiger partial charge >= 0.3 is 12.1 Å². The summed E-state index contributed by atoms with van der Waals surface area (Å²) in [7, 11) is 1.27. The Morgan fingerprint density at radius 1 is 1.13 bits per heavy atom. The third-order valence-electron chi connectivity index (χ3n) is 5.33. The van der Waals surface area contributed by atoms with Gasteiger partial charge in [-0.3, -0.25) is 0 Å². The summed E-state index contributed by atoms with van der Waals surface area (Å²) in [6, 6.07) is 14.2. The predicted molar refractivity (Wildman–Crippen MR) is 111 cm³/mol. The number of esters is 1. The van der Waals surface area contributed by atoms with Gasteiger partial charge in [-0.25, -0.2) is 4.79 Å². The molecule has 1 atom stereocenters. The van der Waals surface area contributed by atoms with Crippen molar-refractivity contribution >= 4 is 34.1 Å². The van der Waals surface area contributed by atoms with Crippen LogP contribution in [0.2, 0.25) is 5.02 Å². The normalized spacial score (nSPS) is 18.6. The van der Waals surface area contributed by atoms with E-state index in [-0.39, 0.29) is 16.3 Å². The van der Waals surface area contributed by atoms with Gasteiger partial charge in [-0.05, 0) is 41.5 Å². The molecule has 4 nitrogen and oxygen atoms in total. The van der Waals surface area contributed by atoms with Crippen LogP contribution in [0.25, 0.3) is 10.8 Å². The van der Waals surface area contributed by atoms with E-state index in [1.165, 1.54) is 25.3 Å². The number of rotatable bonds is 3. The molecule has 1 aliphatic rings. The first-order valence-corrected chi connectivity index (χ1v) is 9.74. The maximum Gasteiger partial charge on any atom is 0.435 e. The molecule has 0 saturated carbocycles. The molecule has 3 aromatic rings. The molecule has 0 saturated heterocycles. The van der Waals surface area contributed by atoms with E-state index in [9.17, 15) is 18.0 Å². The van der Waals surface area contributed by atoms with Gasteiger partial charge in [0.1, 0.15) is 0 Å². The molecule has 31 heavy (non-hydrogen) atoms. The van der Waals surface area contributed by atoms with Gasteiger partial charge in [0.05, 0.1) is 18.4 Å². The molecule has 0 N–H and O–H groups in total. The highest BCUT2D eigenvalue weighted by Gasteiger charge is 2.62. The van der Waals surface area contributed by atoms with Crippen LogP contribution in [-0.4, -0.2) is 25.0 Å². The number of methoxy groups -OCH3 is 1. The fourth-order valence-electron chi connectivity index (χ4n) is 3.86. The third kappa shape index (κ3) is 3.53. The number of fused-ring (bicyclic) bond motifs is 1. The Bertz CT molecular complexity index is 1200. The van der Waals surface area contributed by atoms with Crippen molar-refractivity contribution in [2.75, 3.05) is 7.11 Å². The molecule has 1 aliphatic heterocycles. The number of ether oxygens (including phenoxy) is 1. The van der Waals surface area contributed by atoms with Gasteiger partial charge < -0.3 is 9.57 Å². The molecule has 4 rings (SSSR count). The van der Waals surface area contributed by atoms with Crippen LogP contribution < -0.4 is 0 Å². The van der Waals surface area contributed by atoms with E-state index in [1.54, 1.807) is 43.3 Å². The second kappa shape index (κ2) is 7.57. The van der Waals surface area contributed by atoms with Gasteiger partial charge in [0, 0.05) is 22.6 Å². The van der Waals surface area contributed by atoms with Gasteiger partial charge in [-0.1, -0.05) is 53.2 Å². The van der Waals surface area contributed by atoms with Gasteiger partial charge in [0.25, 0.3) is 5.60 Å². The number of nitrogens with zero attached hydrogens (tertiary/aromatic N) is 1. The Kier molecular flexibility index (Phi) is 5.17. The van der Waals surface area contributed by atoms with Crippen LogP contribution in [0.3, 0.4) is 0 Å². The monoisotopic (exact) mass is 447 g/mol. The van der Waals surface area contributed by atoms with E-state index in [0.717, 1.165) is 0 Å². The smallest absolute Gasteiger partial charge is 0.435 e. The van der Waals surface area contributed by atoms with Gasteiger partial charge in [-0.2, -0.15) is 13.2 Å². The van der Waals surface area contributed by atoms with Crippen LogP contribution in [0.5, 0.6) is 0 Å². The first-order valence-electron chi connectivity index (χ1n) is 9.36. The number of carbonyl (C=O) groups is 1. The van der Waals surface area contributed by atoms with Crippen LogP contribution in [-0.2, 0) is 15.2 Å². The minimum absolute atomic E-state index is 0.112. The molecular formula is C23H17ClF3NO3. The van der Waals surface area contributed by atoms with Crippen molar-refractivity contribution in [2.24, 2.45) is 5.16 Å². The fourth-order valence-corrected chi connectivity index (χ4v) is 4.15.